The van der Waals surface area contributed by atoms with E-state index in [-0.39, 0.29) is 5.91 Å². The molecule has 2 aromatic carbocycles. The number of carbonyl (C=O) groups excluding carboxylic acids is 2. The fourth-order valence-electron chi connectivity index (χ4n) is 2.69. The van der Waals surface area contributed by atoms with E-state index in [9.17, 15) is 14.9 Å². The number of hydrogen-bond acceptors (Lipinski definition) is 4. The van der Waals surface area contributed by atoms with Crippen LogP contribution >= 0.6 is 0 Å². The number of nitrogens with zero attached hydrogens (tertiary/aromatic N) is 1. The minimum Gasteiger partial charge on any atom is -0.465 e. The van der Waals surface area contributed by atoms with Gasteiger partial charge in [-0.2, -0.15) is 5.26 Å². The Kier molecular flexibility index (Phi) is 3.15. The van der Waals surface area contributed by atoms with Crippen molar-refractivity contribution >= 4 is 17.6 Å². The topological polar surface area (TPSA) is 79.2 Å². The number of benzene rings is 2. The second kappa shape index (κ2) is 5.01. The van der Waals surface area contributed by atoms with Gasteiger partial charge in [-0.3, -0.25) is 4.79 Å². The molecular formula is C17H12N2O3. The van der Waals surface area contributed by atoms with E-state index in [2.05, 4.69) is 16.1 Å². The molecule has 1 N–H and O–H groups in total. The van der Waals surface area contributed by atoms with Gasteiger partial charge < -0.3 is 10.1 Å². The number of methoxy groups -OCH3 is 1. The molecule has 0 saturated heterocycles. The lowest BCUT2D eigenvalue weighted by atomic mass is 9.76. The third-order valence-electron chi connectivity index (χ3n) is 3.83. The molecule has 2 aromatic rings. The summed E-state index contributed by atoms with van der Waals surface area (Å²) in [6, 6.07) is 15.5. The SMILES string of the molecule is COC(=O)c1ccc([C@@]2(C#N)C(=O)Nc3ccccc32)cc1. The zero-order valence-electron chi connectivity index (χ0n) is 11.8. The first kappa shape index (κ1) is 13.8. The number of hydrogen-bond donors (Lipinski definition) is 1. The average molecular weight is 292 g/mol. The van der Waals surface area contributed by atoms with Crippen LogP contribution in [-0.2, 0) is 14.9 Å². The number of nitriles is 1. The van der Waals surface area contributed by atoms with Gasteiger partial charge >= 0.3 is 5.97 Å². The van der Waals surface area contributed by atoms with Gasteiger partial charge in [0.1, 0.15) is 0 Å². The molecule has 1 amide bonds. The molecule has 1 aliphatic heterocycles. The molecular weight excluding hydrogens is 280 g/mol. The summed E-state index contributed by atoms with van der Waals surface area (Å²) in [7, 11) is 1.30. The zero-order chi connectivity index (χ0) is 15.7. The number of rotatable bonds is 2. The Balaban J connectivity index is 2.14. The van der Waals surface area contributed by atoms with Gasteiger partial charge in [-0.1, -0.05) is 30.3 Å². The molecule has 5 nitrogen and oxygen atoms in total. The fraction of sp³-hybridized carbons (Fsp3) is 0.118. The number of ether oxygens (including phenoxy) is 1. The predicted molar refractivity (Wildman–Crippen MR) is 79.2 cm³/mol. The molecule has 1 aliphatic rings. The first-order valence-corrected chi connectivity index (χ1v) is 6.64. The lowest BCUT2D eigenvalue weighted by Crippen LogP contribution is -2.34. The van der Waals surface area contributed by atoms with E-state index < -0.39 is 11.4 Å². The van der Waals surface area contributed by atoms with E-state index in [0.717, 1.165) is 0 Å². The number of nitrogens with one attached hydrogen (secondary N) is 1. The summed E-state index contributed by atoms with van der Waals surface area (Å²) in [6.45, 7) is 0. The van der Waals surface area contributed by atoms with Crippen molar-refractivity contribution in [2.45, 2.75) is 5.41 Å². The highest BCUT2D eigenvalue weighted by atomic mass is 16.5. The van der Waals surface area contributed by atoms with Crippen LogP contribution in [0.3, 0.4) is 0 Å². The molecule has 0 unspecified atom stereocenters. The van der Waals surface area contributed by atoms with Crippen LogP contribution in [0.2, 0.25) is 0 Å². The van der Waals surface area contributed by atoms with Crippen LogP contribution in [0.15, 0.2) is 48.5 Å². The molecule has 22 heavy (non-hydrogen) atoms. The van der Waals surface area contributed by atoms with Gasteiger partial charge in [-0.25, -0.2) is 4.79 Å². The van der Waals surface area contributed by atoms with Crippen LogP contribution in [0.25, 0.3) is 0 Å². The van der Waals surface area contributed by atoms with E-state index in [0.29, 0.717) is 22.4 Å². The summed E-state index contributed by atoms with van der Waals surface area (Å²) in [4.78, 5) is 23.9. The highest BCUT2D eigenvalue weighted by molar-refractivity contribution is 6.11. The maximum Gasteiger partial charge on any atom is 0.337 e. The molecule has 3 rings (SSSR count). The third kappa shape index (κ3) is 1.78. The van der Waals surface area contributed by atoms with Crippen LogP contribution in [0.1, 0.15) is 21.5 Å². The number of fused-ring (bicyclic) bond motifs is 1. The molecule has 108 valence electrons. The van der Waals surface area contributed by atoms with Crippen LogP contribution in [-0.4, -0.2) is 19.0 Å². The summed E-state index contributed by atoms with van der Waals surface area (Å²) in [5.41, 5.74) is 0.737. The second-order valence-electron chi connectivity index (χ2n) is 4.93. The van der Waals surface area contributed by atoms with Gasteiger partial charge in [0.2, 0.25) is 0 Å². The van der Waals surface area contributed by atoms with Crippen molar-refractivity contribution in [3.05, 3.63) is 65.2 Å². The number of anilines is 1. The number of carbonyl (C=O) groups is 2. The summed E-state index contributed by atoms with van der Waals surface area (Å²) < 4.78 is 4.65. The van der Waals surface area contributed by atoms with Crippen LogP contribution < -0.4 is 5.32 Å². The van der Waals surface area contributed by atoms with Gasteiger partial charge in [-0.05, 0) is 23.8 Å². The molecule has 0 aliphatic carbocycles. The molecule has 0 saturated carbocycles. The average Bonchev–Trinajstić information content (AvgIpc) is 2.86. The van der Waals surface area contributed by atoms with Crippen LogP contribution in [0, 0.1) is 11.3 Å². The maximum atomic E-state index is 12.4. The highest BCUT2D eigenvalue weighted by Crippen LogP contribution is 2.42. The Labute approximate surface area is 127 Å². The molecule has 1 atom stereocenters. The van der Waals surface area contributed by atoms with Crippen LogP contribution in [0.5, 0.6) is 0 Å². The lowest BCUT2D eigenvalue weighted by molar-refractivity contribution is -0.118. The molecule has 0 bridgehead atoms. The van der Waals surface area contributed by atoms with Crippen molar-refractivity contribution in [3.63, 3.8) is 0 Å². The highest BCUT2D eigenvalue weighted by Gasteiger charge is 2.48. The number of para-hydroxylation sites is 1. The van der Waals surface area contributed by atoms with Gasteiger partial charge in [0.05, 0.1) is 18.7 Å². The van der Waals surface area contributed by atoms with E-state index >= 15 is 0 Å². The summed E-state index contributed by atoms with van der Waals surface area (Å²) in [5.74, 6) is -0.851. The normalized spacial score (nSPS) is 19.0. The Bertz CT molecular complexity index is 805. The maximum absolute atomic E-state index is 12.4. The standard InChI is InChI=1S/C17H12N2O3/c1-22-15(20)11-6-8-12(9-7-11)17(10-18)13-4-2-3-5-14(13)19-16(17)21/h2-9H,1H3,(H,19,21)/t17-/m1/s1. The van der Waals surface area contributed by atoms with Gasteiger partial charge in [0, 0.05) is 11.3 Å². The Morgan fingerprint density at radius 3 is 2.50 bits per heavy atom. The van der Waals surface area contributed by atoms with Crippen molar-refractivity contribution in [1.82, 2.24) is 0 Å². The van der Waals surface area contributed by atoms with E-state index in [1.165, 1.54) is 7.11 Å². The van der Waals surface area contributed by atoms with Crippen molar-refractivity contribution in [3.8, 4) is 6.07 Å². The van der Waals surface area contributed by atoms with Crippen molar-refractivity contribution in [1.29, 1.82) is 5.26 Å². The second-order valence-corrected chi connectivity index (χ2v) is 4.93. The van der Waals surface area contributed by atoms with Crippen molar-refractivity contribution in [2.75, 3.05) is 12.4 Å². The molecule has 0 spiro atoms. The van der Waals surface area contributed by atoms with Gasteiger partial charge in [-0.15, -0.1) is 0 Å². The van der Waals surface area contributed by atoms with Crippen LogP contribution in [0.4, 0.5) is 5.69 Å². The van der Waals surface area contributed by atoms with E-state index in [4.69, 9.17) is 0 Å². The molecule has 1 heterocycles. The third-order valence-corrected chi connectivity index (χ3v) is 3.83. The van der Waals surface area contributed by atoms with E-state index in [1.54, 1.807) is 48.5 Å². The molecule has 0 aromatic heterocycles. The quantitative estimate of drug-likeness (QED) is 0.861. The van der Waals surface area contributed by atoms with Gasteiger partial charge in [0.25, 0.3) is 5.91 Å². The molecule has 0 fully saturated rings. The summed E-state index contributed by atoms with van der Waals surface area (Å²) >= 11 is 0. The lowest BCUT2D eigenvalue weighted by Gasteiger charge is -2.19. The largest absolute Gasteiger partial charge is 0.465 e. The van der Waals surface area contributed by atoms with Crippen molar-refractivity contribution in [2.24, 2.45) is 0 Å². The van der Waals surface area contributed by atoms with Crippen molar-refractivity contribution < 1.29 is 14.3 Å². The zero-order valence-corrected chi connectivity index (χ0v) is 11.8. The minimum absolute atomic E-state index is 0.367. The molecule has 5 heteroatoms. The van der Waals surface area contributed by atoms with Gasteiger partial charge in [0.15, 0.2) is 5.41 Å². The summed E-state index contributed by atoms with van der Waals surface area (Å²) in [5, 5.41) is 12.4. The Hall–Kier alpha value is -3.13. The first-order chi connectivity index (χ1) is 10.6. The number of amides is 1. The number of esters is 1. The fourth-order valence-corrected chi connectivity index (χ4v) is 2.69. The smallest absolute Gasteiger partial charge is 0.337 e. The molecule has 0 radical (unpaired) electrons. The predicted octanol–water partition coefficient (Wildman–Crippen LogP) is 2.23. The van der Waals surface area contributed by atoms with E-state index in [1.807, 2.05) is 0 Å². The monoisotopic (exact) mass is 292 g/mol. The Morgan fingerprint density at radius 2 is 1.86 bits per heavy atom. The summed E-state index contributed by atoms with van der Waals surface area (Å²) in [6.07, 6.45) is 0. The Morgan fingerprint density at radius 1 is 1.18 bits per heavy atom. The first-order valence-electron chi connectivity index (χ1n) is 6.64. The minimum atomic E-state index is -1.40.